The monoisotopic (exact) mass is 208 g/mol. The van der Waals surface area contributed by atoms with Crippen LogP contribution in [0.1, 0.15) is 17.7 Å². The van der Waals surface area contributed by atoms with Crippen molar-refractivity contribution in [3.8, 4) is 5.75 Å². The van der Waals surface area contributed by atoms with Crippen molar-refractivity contribution in [3.05, 3.63) is 17.5 Å². The van der Waals surface area contributed by atoms with Gasteiger partial charge in [0.05, 0.1) is 29.0 Å². The first-order valence-electron chi connectivity index (χ1n) is 3.38. The van der Waals surface area contributed by atoms with E-state index in [1.807, 2.05) is 0 Å². The fourth-order valence-electron chi connectivity index (χ4n) is 0.907. The van der Waals surface area contributed by atoms with Crippen LogP contribution in [-0.2, 0) is 5.88 Å². The van der Waals surface area contributed by atoms with Crippen LogP contribution in [0.4, 0.5) is 14.5 Å². The fraction of sp³-hybridized carbons (Fsp3) is 0.286. The number of nitrogens with zero attached hydrogens (tertiary/aromatic N) is 1. The highest BCUT2D eigenvalue weighted by molar-refractivity contribution is 6.17. The van der Waals surface area contributed by atoms with Gasteiger partial charge >= 0.3 is 0 Å². The molecule has 0 aliphatic carbocycles. The summed E-state index contributed by atoms with van der Waals surface area (Å²) in [6.07, 6.45) is -1.92. The Hall–Kier alpha value is -1.10. The molecule has 0 aliphatic rings. The van der Waals surface area contributed by atoms with Gasteiger partial charge in [0.1, 0.15) is 5.75 Å². The van der Waals surface area contributed by atoms with Crippen molar-refractivity contribution in [2.24, 2.45) is 0 Å². The SMILES string of the molecule is Nc1c(CCl)ncc(O)c1C(F)F. The summed E-state index contributed by atoms with van der Waals surface area (Å²) >= 11 is 5.39. The van der Waals surface area contributed by atoms with Crippen LogP contribution in [0.25, 0.3) is 0 Å². The number of rotatable bonds is 2. The number of nitrogen functional groups attached to an aromatic ring is 1. The van der Waals surface area contributed by atoms with Gasteiger partial charge in [0.15, 0.2) is 0 Å². The summed E-state index contributed by atoms with van der Waals surface area (Å²) in [4.78, 5) is 3.60. The van der Waals surface area contributed by atoms with Gasteiger partial charge in [0.2, 0.25) is 0 Å². The maximum atomic E-state index is 12.3. The van der Waals surface area contributed by atoms with Crippen molar-refractivity contribution in [3.63, 3.8) is 0 Å². The smallest absolute Gasteiger partial charge is 0.269 e. The van der Waals surface area contributed by atoms with Gasteiger partial charge in [-0.2, -0.15) is 0 Å². The van der Waals surface area contributed by atoms with E-state index in [0.717, 1.165) is 6.20 Å². The highest BCUT2D eigenvalue weighted by Gasteiger charge is 2.19. The first-order valence-corrected chi connectivity index (χ1v) is 3.91. The summed E-state index contributed by atoms with van der Waals surface area (Å²) in [7, 11) is 0. The van der Waals surface area contributed by atoms with E-state index < -0.39 is 17.7 Å². The van der Waals surface area contributed by atoms with Crippen molar-refractivity contribution < 1.29 is 13.9 Å². The highest BCUT2D eigenvalue weighted by Crippen LogP contribution is 2.34. The molecule has 0 aliphatic heterocycles. The standard InChI is InChI=1S/C7H7ClF2N2O/c8-1-3-6(11)5(7(9)10)4(13)2-12-3/h2,7,13H,1,11H2. The van der Waals surface area contributed by atoms with E-state index in [-0.39, 0.29) is 17.3 Å². The summed E-state index contributed by atoms with van der Waals surface area (Å²) in [6.45, 7) is 0. The quantitative estimate of drug-likeness (QED) is 0.732. The average Bonchev–Trinajstić information content (AvgIpc) is 2.04. The minimum atomic E-state index is -2.83. The molecule has 0 unspecified atom stereocenters. The molecule has 3 N–H and O–H groups in total. The summed E-state index contributed by atoms with van der Waals surface area (Å²) in [5.41, 5.74) is 4.61. The number of hydrogen-bond donors (Lipinski definition) is 2. The molecule has 0 amide bonds. The largest absolute Gasteiger partial charge is 0.506 e. The number of hydrogen-bond acceptors (Lipinski definition) is 3. The van der Waals surface area contributed by atoms with Crippen LogP contribution >= 0.6 is 11.6 Å². The molecule has 1 heterocycles. The highest BCUT2D eigenvalue weighted by atomic mass is 35.5. The Kier molecular flexibility index (Phi) is 2.87. The summed E-state index contributed by atoms with van der Waals surface area (Å²) in [5, 5.41) is 9.02. The molecule has 1 aromatic heterocycles. The first kappa shape index (κ1) is 9.98. The Morgan fingerprint density at radius 1 is 1.62 bits per heavy atom. The van der Waals surface area contributed by atoms with Crippen LogP contribution < -0.4 is 5.73 Å². The molecule has 0 atom stereocenters. The van der Waals surface area contributed by atoms with E-state index in [9.17, 15) is 8.78 Å². The van der Waals surface area contributed by atoms with E-state index in [1.54, 1.807) is 0 Å². The Morgan fingerprint density at radius 2 is 2.23 bits per heavy atom. The third-order valence-corrected chi connectivity index (χ3v) is 1.82. The van der Waals surface area contributed by atoms with Gasteiger partial charge in [0, 0.05) is 0 Å². The third kappa shape index (κ3) is 1.80. The number of anilines is 1. The molecule has 13 heavy (non-hydrogen) atoms. The number of nitrogens with two attached hydrogens (primary N) is 1. The predicted octanol–water partition coefficient (Wildman–Crippen LogP) is 2.05. The summed E-state index contributed by atoms with van der Waals surface area (Å²) in [5.74, 6) is -0.674. The Morgan fingerprint density at radius 3 is 2.69 bits per heavy atom. The molecule has 0 bridgehead atoms. The zero-order valence-electron chi connectivity index (χ0n) is 6.47. The van der Waals surface area contributed by atoms with Gasteiger partial charge in [-0.25, -0.2) is 8.78 Å². The van der Waals surface area contributed by atoms with Crippen LogP contribution in [0.5, 0.6) is 5.75 Å². The molecule has 3 nitrogen and oxygen atoms in total. The number of aromatic hydroxyl groups is 1. The van der Waals surface area contributed by atoms with Crippen molar-refractivity contribution >= 4 is 17.3 Å². The summed E-state index contributed by atoms with van der Waals surface area (Å²) in [6, 6.07) is 0. The molecular weight excluding hydrogens is 202 g/mol. The lowest BCUT2D eigenvalue weighted by Gasteiger charge is -2.09. The van der Waals surface area contributed by atoms with E-state index in [0.29, 0.717) is 0 Å². The van der Waals surface area contributed by atoms with Crippen LogP contribution in [0.15, 0.2) is 6.20 Å². The molecule has 0 spiro atoms. The van der Waals surface area contributed by atoms with Crippen LogP contribution in [0, 0.1) is 0 Å². The number of pyridine rings is 1. The number of aromatic nitrogens is 1. The van der Waals surface area contributed by atoms with E-state index >= 15 is 0 Å². The zero-order valence-corrected chi connectivity index (χ0v) is 7.22. The molecule has 1 rings (SSSR count). The predicted molar refractivity (Wildman–Crippen MR) is 44.8 cm³/mol. The molecule has 0 aromatic carbocycles. The van der Waals surface area contributed by atoms with Crippen LogP contribution in [0.3, 0.4) is 0 Å². The normalized spacial score (nSPS) is 10.8. The Balaban J connectivity index is 3.30. The third-order valence-electron chi connectivity index (χ3n) is 1.56. The van der Waals surface area contributed by atoms with Gasteiger partial charge in [-0.05, 0) is 0 Å². The number of alkyl halides is 3. The molecular formula is C7H7ClF2N2O. The summed E-state index contributed by atoms with van der Waals surface area (Å²) < 4.78 is 24.6. The van der Waals surface area contributed by atoms with Crippen molar-refractivity contribution in [2.45, 2.75) is 12.3 Å². The van der Waals surface area contributed by atoms with Crippen molar-refractivity contribution in [1.82, 2.24) is 4.98 Å². The van der Waals surface area contributed by atoms with Gasteiger partial charge in [-0.3, -0.25) is 4.98 Å². The lowest BCUT2D eigenvalue weighted by atomic mass is 10.2. The topological polar surface area (TPSA) is 59.1 Å². The minimum absolute atomic E-state index is 0.0637. The second kappa shape index (κ2) is 3.74. The van der Waals surface area contributed by atoms with Crippen molar-refractivity contribution in [2.75, 3.05) is 5.73 Å². The first-order chi connectivity index (χ1) is 6.07. The molecule has 0 fully saturated rings. The van der Waals surface area contributed by atoms with E-state index in [1.165, 1.54) is 0 Å². The fourth-order valence-corrected chi connectivity index (χ4v) is 1.12. The second-order valence-electron chi connectivity index (χ2n) is 2.35. The van der Waals surface area contributed by atoms with Gasteiger partial charge in [-0.15, -0.1) is 11.6 Å². The van der Waals surface area contributed by atoms with E-state index in [4.69, 9.17) is 22.4 Å². The Bertz CT molecular complexity index is 320. The maximum absolute atomic E-state index is 12.3. The van der Waals surface area contributed by atoms with Crippen molar-refractivity contribution in [1.29, 1.82) is 0 Å². The van der Waals surface area contributed by atoms with E-state index in [2.05, 4.69) is 4.98 Å². The minimum Gasteiger partial charge on any atom is -0.506 e. The number of halogens is 3. The molecule has 72 valence electrons. The maximum Gasteiger partial charge on any atom is 0.269 e. The van der Waals surface area contributed by atoms with Gasteiger partial charge in [0.25, 0.3) is 6.43 Å². The average molecular weight is 209 g/mol. The van der Waals surface area contributed by atoms with Crippen LogP contribution in [-0.4, -0.2) is 10.1 Å². The van der Waals surface area contributed by atoms with Gasteiger partial charge < -0.3 is 10.8 Å². The Labute approximate surface area is 78.1 Å². The molecule has 0 radical (unpaired) electrons. The lowest BCUT2D eigenvalue weighted by molar-refractivity contribution is 0.148. The molecule has 1 aromatic rings. The second-order valence-corrected chi connectivity index (χ2v) is 2.62. The van der Waals surface area contributed by atoms with Crippen LogP contribution in [0.2, 0.25) is 0 Å². The van der Waals surface area contributed by atoms with Gasteiger partial charge in [-0.1, -0.05) is 0 Å². The molecule has 0 saturated carbocycles. The molecule has 0 saturated heterocycles. The zero-order chi connectivity index (χ0) is 10.0. The molecule has 6 heteroatoms. The lowest BCUT2D eigenvalue weighted by Crippen LogP contribution is -2.02.